The van der Waals surface area contributed by atoms with Crippen molar-refractivity contribution in [2.24, 2.45) is 0 Å². The van der Waals surface area contributed by atoms with Gasteiger partial charge in [-0.1, -0.05) is 54.6 Å². The van der Waals surface area contributed by atoms with E-state index in [0.717, 1.165) is 30.4 Å². The lowest BCUT2D eigenvalue weighted by Crippen LogP contribution is -2.48. The third kappa shape index (κ3) is 6.16. The fourth-order valence-corrected chi connectivity index (χ4v) is 5.09. The zero-order valence-electron chi connectivity index (χ0n) is 18.2. The summed E-state index contributed by atoms with van der Waals surface area (Å²) in [5.41, 5.74) is 2.59. The van der Waals surface area contributed by atoms with Crippen molar-refractivity contribution in [3.8, 4) is 0 Å². The zero-order chi connectivity index (χ0) is 24.0. The Morgan fingerprint density at radius 1 is 0.818 bits per heavy atom. The van der Waals surface area contributed by atoms with Crippen molar-refractivity contribution >= 4 is 32.7 Å². The summed E-state index contributed by atoms with van der Waals surface area (Å²) in [5, 5.41) is 16.8. The van der Waals surface area contributed by atoms with Gasteiger partial charge in [-0.2, -0.15) is 4.31 Å². The van der Waals surface area contributed by atoms with Crippen LogP contribution in [-0.2, 0) is 26.2 Å². The Labute approximate surface area is 192 Å². The van der Waals surface area contributed by atoms with E-state index in [1.807, 2.05) is 36.4 Å². The van der Waals surface area contributed by atoms with Crippen LogP contribution in [0.15, 0.2) is 71.6 Å². The summed E-state index contributed by atoms with van der Waals surface area (Å²) >= 11 is 0. The average molecular weight is 471 g/mol. The molecule has 0 aliphatic carbocycles. The second-order valence-electron chi connectivity index (χ2n) is 7.73. The molecule has 0 spiro atoms. The molecular formula is C24H26N2O6S. The van der Waals surface area contributed by atoms with Crippen LogP contribution in [0, 0.1) is 6.92 Å². The predicted octanol–water partition coefficient (Wildman–Crippen LogP) is 2.81. The molecule has 0 saturated carbocycles. The molecule has 1 heterocycles. The van der Waals surface area contributed by atoms with Crippen molar-refractivity contribution in [3.05, 3.63) is 77.9 Å². The van der Waals surface area contributed by atoms with E-state index in [1.165, 1.54) is 11.1 Å². The number of carboxylic acids is 2. The Morgan fingerprint density at radius 3 is 2.00 bits per heavy atom. The maximum absolute atomic E-state index is 13.1. The predicted molar refractivity (Wildman–Crippen MR) is 124 cm³/mol. The monoisotopic (exact) mass is 470 g/mol. The molecule has 0 radical (unpaired) electrons. The van der Waals surface area contributed by atoms with Gasteiger partial charge < -0.3 is 10.2 Å². The van der Waals surface area contributed by atoms with Gasteiger partial charge in [0, 0.05) is 32.7 Å². The molecule has 1 aliphatic rings. The van der Waals surface area contributed by atoms with Gasteiger partial charge in [0.1, 0.15) is 0 Å². The van der Waals surface area contributed by atoms with E-state index in [-0.39, 0.29) is 0 Å². The largest absolute Gasteiger partial charge is 0.473 e. The van der Waals surface area contributed by atoms with E-state index in [4.69, 9.17) is 19.8 Å². The summed E-state index contributed by atoms with van der Waals surface area (Å²) in [4.78, 5) is 20.9. The lowest BCUT2D eigenvalue weighted by Gasteiger charge is -2.34. The van der Waals surface area contributed by atoms with Crippen LogP contribution in [0.25, 0.3) is 10.8 Å². The van der Waals surface area contributed by atoms with E-state index in [0.29, 0.717) is 18.0 Å². The number of aliphatic carboxylic acids is 2. The molecule has 174 valence electrons. The van der Waals surface area contributed by atoms with E-state index in [9.17, 15) is 8.42 Å². The standard InChI is InChI=1S/C22H24N2O2S.C2H2O4/c1-18-6-2-3-9-21(18)17-23-12-14-24(15-13-23)27(25,26)22-11-10-19-7-4-5-8-20(19)16-22;3-1(4)2(5)6/h2-11,16H,12-15,17H2,1H3;(H,3,4)(H,5,6). The van der Waals surface area contributed by atoms with Crippen molar-refractivity contribution in [3.63, 3.8) is 0 Å². The van der Waals surface area contributed by atoms with Crippen LogP contribution in [0.4, 0.5) is 0 Å². The normalized spacial score (nSPS) is 14.9. The Morgan fingerprint density at radius 2 is 1.39 bits per heavy atom. The third-order valence-corrected chi connectivity index (χ3v) is 7.42. The molecule has 8 nitrogen and oxygen atoms in total. The van der Waals surface area contributed by atoms with Crippen molar-refractivity contribution in [1.82, 2.24) is 9.21 Å². The van der Waals surface area contributed by atoms with E-state index in [2.05, 4.69) is 30.0 Å². The van der Waals surface area contributed by atoms with Crippen molar-refractivity contribution in [2.45, 2.75) is 18.4 Å². The summed E-state index contributed by atoms with van der Waals surface area (Å²) in [6.45, 7) is 5.55. The number of benzene rings is 3. The first-order valence-electron chi connectivity index (χ1n) is 10.4. The first-order valence-corrected chi connectivity index (χ1v) is 11.8. The van der Waals surface area contributed by atoms with Gasteiger partial charge in [-0.15, -0.1) is 0 Å². The van der Waals surface area contributed by atoms with Crippen LogP contribution in [0.2, 0.25) is 0 Å². The number of aryl methyl sites for hydroxylation is 1. The summed E-state index contributed by atoms with van der Waals surface area (Å²) in [6.07, 6.45) is 0. The summed E-state index contributed by atoms with van der Waals surface area (Å²) in [5.74, 6) is -3.65. The second-order valence-corrected chi connectivity index (χ2v) is 9.66. The molecule has 3 aromatic carbocycles. The van der Waals surface area contributed by atoms with Crippen LogP contribution in [0.1, 0.15) is 11.1 Å². The molecule has 33 heavy (non-hydrogen) atoms. The van der Waals surface area contributed by atoms with Gasteiger partial charge in [0.2, 0.25) is 10.0 Å². The Bertz CT molecular complexity index is 1240. The van der Waals surface area contributed by atoms with Crippen molar-refractivity contribution in [1.29, 1.82) is 0 Å². The molecule has 1 fully saturated rings. The highest BCUT2D eigenvalue weighted by Gasteiger charge is 2.28. The van der Waals surface area contributed by atoms with Crippen molar-refractivity contribution in [2.75, 3.05) is 26.2 Å². The molecule has 0 unspecified atom stereocenters. The SMILES string of the molecule is Cc1ccccc1CN1CCN(S(=O)(=O)c2ccc3ccccc3c2)CC1.O=C(O)C(=O)O. The fourth-order valence-electron chi connectivity index (χ4n) is 3.63. The summed E-state index contributed by atoms with van der Waals surface area (Å²) in [7, 11) is -3.45. The lowest BCUT2D eigenvalue weighted by atomic mass is 10.1. The van der Waals surface area contributed by atoms with Crippen LogP contribution >= 0.6 is 0 Å². The minimum absolute atomic E-state index is 0.383. The van der Waals surface area contributed by atoms with Crippen molar-refractivity contribution < 1.29 is 28.2 Å². The number of carboxylic acid groups (broad SMARTS) is 2. The second kappa shape index (κ2) is 10.6. The highest BCUT2D eigenvalue weighted by Crippen LogP contribution is 2.23. The van der Waals surface area contributed by atoms with E-state index >= 15 is 0 Å². The Hall–Kier alpha value is -3.27. The highest BCUT2D eigenvalue weighted by atomic mass is 32.2. The summed E-state index contributed by atoms with van der Waals surface area (Å²) < 4.78 is 27.7. The van der Waals surface area contributed by atoms with Gasteiger partial charge in [-0.25, -0.2) is 18.0 Å². The topological polar surface area (TPSA) is 115 Å². The molecule has 3 aromatic rings. The smallest absolute Gasteiger partial charge is 0.414 e. The average Bonchev–Trinajstić information content (AvgIpc) is 2.81. The van der Waals surface area contributed by atoms with E-state index < -0.39 is 22.0 Å². The number of carbonyl (C=O) groups is 2. The Kier molecular flexibility index (Phi) is 7.80. The number of rotatable bonds is 4. The van der Waals surface area contributed by atoms with Crippen LogP contribution in [0.5, 0.6) is 0 Å². The Balaban J connectivity index is 0.000000454. The molecule has 0 aromatic heterocycles. The quantitative estimate of drug-likeness (QED) is 0.564. The van der Waals surface area contributed by atoms with Gasteiger partial charge in [-0.05, 0) is 41.0 Å². The van der Waals surface area contributed by atoms with Crippen LogP contribution in [0.3, 0.4) is 0 Å². The van der Waals surface area contributed by atoms with Gasteiger partial charge in [0.05, 0.1) is 4.90 Å². The molecule has 9 heteroatoms. The number of piperazine rings is 1. The third-order valence-electron chi connectivity index (χ3n) is 5.53. The maximum Gasteiger partial charge on any atom is 0.414 e. The number of hydrogen-bond donors (Lipinski definition) is 2. The molecule has 2 N–H and O–H groups in total. The first-order chi connectivity index (χ1) is 15.7. The van der Waals surface area contributed by atoms with Crippen LogP contribution in [-0.4, -0.2) is 66.0 Å². The molecular weight excluding hydrogens is 444 g/mol. The van der Waals surface area contributed by atoms with Gasteiger partial charge >= 0.3 is 11.9 Å². The highest BCUT2D eigenvalue weighted by molar-refractivity contribution is 7.89. The number of hydrogen-bond acceptors (Lipinski definition) is 5. The van der Waals surface area contributed by atoms with Gasteiger partial charge in [0.15, 0.2) is 0 Å². The molecule has 1 aliphatic heterocycles. The molecule has 0 atom stereocenters. The van der Waals surface area contributed by atoms with E-state index in [1.54, 1.807) is 16.4 Å². The minimum Gasteiger partial charge on any atom is -0.473 e. The fraction of sp³-hybridized carbons (Fsp3) is 0.250. The number of nitrogens with zero attached hydrogens (tertiary/aromatic N) is 2. The lowest BCUT2D eigenvalue weighted by molar-refractivity contribution is -0.159. The van der Waals surface area contributed by atoms with Gasteiger partial charge in [-0.3, -0.25) is 4.90 Å². The molecule has 4 rings (SSSR count). The zero-order valence-corrected chi connectivity index (χ0v) is 19.0. The van der Waals surface area contributed by atoms with Crippen LogP contribution < -0.4 is 0 Å². The molecule has 0 bridgehead atoms. The maximum atomic E-state index is 13.1. The number of sulfonamides is 1. The summed E-state index contributed by atoms with van der Waals surface area (Å²) in [6, 6.07) is 21.6. The minimum atomic E-state index is -3.45. The molecule has 1 saturated heterocycles. The number of fused-ring (bicyclic) bond motifs is 1. The van der Waals surface area contributed by atoms with Gasteiger partial charge in [0.25, 0.3) is 0 Å². The molecule has 0 amide bonds. The first kappa shape index (κ1) is 24.4.